The van der Waals surface area contributed by atoms with Crippen molar-refractivity contribution in [2.75, 3.05) is 19.6 Å². The quantitative estimate of drug-likeness (QED) is 0.187. The molecule has 1 fully saturated rings. The van der Waals surface area contributed by atoms with Crippen LogP contribution in [-0.2, 0) is 9.59 Å². The Morgan fingerprint density at radius 2 is 1.92 bits per heavy atom. The molecule has 9 N–H and O–H groups in total. The molecule has 1 amide bonds. The summed E-state index contributed by atoms with van der Waals surface area (Å²) in [7, 11) is -1.43. The molecule has 144 valence electrons. The molecule has 1 unspecified atom stereocenters. The second kappa shape index (κ2) is 10.1. The van der Waals surface area contributed by atoms with Gasteiger partial charge >= 0.3 is 13.1 Å². The summed E-state index contributed by atoms with van der Waals surface area (Å²) >= 11 is 0. The van der Waals surface area contributed by atoms with Crippen molar-refractivity contribution >= 4 is 19.0 Å². The molecule has 0 bridgehead atoms. The number of hydrogen-bond acceptors (Lipinski definition) is 7. The van der Waals surface area contributed by atoms with Gasteiger partial charge < -0.3 is 37.3 Å². The molecule has 0 saturated carbocycles. The van der Waals surface area contributed by atoms with Crippen LogP contribution in [0.15, 0.2) is 0 Å². The number of carboxylic acid groups (broad SMARTS) is 1. The number of aliphatic carboxylic acids is 1. The first kappa shape index (κ1) is 21.8. The van der Waals surface area contributed by atoms with E-state index in [1.165, 1.54) is 4.90 Å². The normalized spacial score (nSPS) is 24.4. The summed E-state index contributed by atoms with van der Waals surface area (Å²) in [5.74, 6) is -1.89. The second-order valence-corrected chi connectivity index (χ2v) is 6.92. The van der Waals surface area contributed by atoms with Gasteiger partial charge in [-0.2, -0.15) is 0 Å². The number of unbranched alkanes of at least 4 members (excludes halogenated alkanes) is 2. The molecule has 0 spiro atoms. The maximum absolute atomic E-state index is 12.5. The summed E-state index contributed by atoms with van der Waals surface area (Å²) in [6.07, 6.45) is 4.07. The molecule has 10 heteroatoms. The summed E-state index contributed by atoms with van der Waals surface area (Å²) in [4.78, 5) is 25.5. The number of amides is 1. The third kappa shape index (κ3) is 6.23. The molecule has 0 aromatic heterocycles. The average Bonchev–Trinajstić information content (AvgIpc) is 2.89. The Kier molecular flexibility index (Phi) is 8.80. The van der Waals surface area contributed by atoms with Crippen LogP contribution >= 0.6 is 0 Å². The highest BCUT2D eigenvalue weighted by molar-refractivity contribution is 6.40. The highest BCUT2D eigenvalue weighted by Crippen LogP contribution is 2.31. The SMILES string of the molecule is NCCCCC[C@H](N)C(=O)N1CC(CCCB(O)O)[C@](N)(C(=O)O)C1. The lowest BCUT2D eigenvalue weighted by Crippen LogP contribution is -2.55. The van der Waals surface area contributed by atoms with Crippen molar-refractivity contribution in [2.24, 2.45) is 23.1 Å². The Morgan fingerprint density at radius 3 is 2.48 bits per heavy atom. The summed E-state index contributed by atoms with van der Waals surface area (Å²) in [5.41, 5.74) is 15.9. The standard InChI is InChI=1S/C15H31BN4O5/c17-8-3-1-2-6-12(18)13(21)20-9-11(5-4-7-16(24)25)15(19,10-20)14(22)23/h11-12,24-25H,1-10,17-19H2,(H,22,23)/t11?,12-,15-/m0/s1. The smallest absolute Gasteiger partial charge is 0.451 e. The van der Waals surface area contributed by atoms with Crippen molar-refractivity contribution in [2.45, 2.75) is 56.4 Å². The first-order valence-electron chi connectivity index (χ1n) is 8.85. The Hall–Kier alpha value is -1.20. The first-order chi connectivity index (χ1) is 11.7. The highest BCUT2D eigenvalue weighted by Gasteiger charge is 2.50. The zero-order chi connectivity index (χ0) is 19.0. The van der Waals surface area contributed by atoms with E-state index in [0.717, 1.165) is 19.3 Å². The van der Waals surface area contributed by atoms with E-state index in [1.807, 2.05) is 0 Å². The summed E-state index contributed by atoms with van der Waals surface area (Å²) in [6.45, 7) is 0.748. The van der Waals surface area contributed by atoms with Crippen molar-refractivity contribution in [3.05, 3.63) is 0 Å². The maximum atomic E-state index is 12.5. The van der Waals surface area contributed by atoms with Crippen molar-refractivity contribution in [1.29, 1.82) is 0 Å². The van der Waals surface area contributed by atoms with Crippen LogP contribution in [0.5, 0.6) is 0 Å². The Morgan fingerprint density at radius 1 is 1.24 bits per heavy atom. The van der Waals surface area contributed by atoms with Gasteiger partial charge in [0.25, 0.3) is 0 Å². The van der Waals surface area contributed by atoms with E-state index < -0.39 is 30.6 Å². The number of rotatable bonds is 11. The Labute approximate surface area is 148 Å². The zero-order valence-electron chi connectivity index (χ0n) is 14.6. The summed E-state index contributed by atoms with van der Waals surface area (Å²) < 4.78 is 0. The molecular formula is C15H31BN4O5. The van der Waals surface area contributed by atoms with Crippen LogP contribution in [-0.4, -0.2) is 70.3 Å². The van der Waals surface area contributed by atoms with Crippen LogP contribution in [0.1, 0.15) is 38.5 Å². The molecule has 1 heterocycles. The summed E-state index contributed by atoms with van der Waals surface area (Å²) in [5, 5.41) is 27.3. The van der Waals surface area contributed by atoms with Crippen molar-refractivity contribution in [1.82, 2.24) is 4.90 Å². The number of nitrogens with two attached hydrogens (primary N) is 3. The lowest BCUT2D eigenvalue weighted by atomic mass is 9.78. The molecule has 0 radical (unpaired) electrons. The molecule has 0 aromatic rings. The minimum atomic E-state index is -1.53. The van der Waals surface area contributed by atoms with Gasteiger partial charge in [-0.25, -0.2) is 0 Å². The van der Waals surface area contributed by atoms with Gasteiger partial charge in [-0.3, -0.25) is 9.59 Å². The fourth-order valence-corrected chi connectivity index (χ4v) is 3.29. The largest absolute Gasteiger partial charge is 0.480 e. The van der Waals surface area contributed by atoms with Gasteiger partial charge in [0.2, 0.25) is 5.91 Å². The second-order valence-electron chi connectivity index (χ2n) is 6.92. The van der Waals surface area contributed by atoms with E-state index >= 15 is 0 Å². The number of likely N-dealkylation sites (tertiary alicyclic amines) is 1. The lowest BCUT2D eigenvalue weighted by Gasteiger charge is -2.25. The lowest BCUT2D eigenvalue weighted by molar-refractivity contribution is -0.144. The van der Waals surface area contributed by atoms with E-state index in [4.69, 9.17) is 27.2 Å². The fourth-order valence-electron chi connectivity index (χ4n) is 3.29. The number of hydrogen-bond donors (Lipinski definition) is 6. The third-order valence-corrected chi connectivity index (χ3v) is 4.88. The van der Waals surface area contributed by atoms with Crippen molar-refractivity contribution in [3.63, 3.8) is 0 Å². The fraction of sp³-hybridized carbons (Fsp3) is 0.867. The number of carbonyl (C=O) groups is 2. The van der Waals surface area contributed by atoms with Crippen LogP contribution in [0.3, 0.4) is 0 Å². The Bertz CT molecular complexity index is 454. The predicted octanol–water partition coefficient (Wildman–Crippen LogP) is -1.67. The van der Waals surface area contributed by atoms with Crippen molar-refractivity contribution < 1.29 is 24.7 Å². The van der Waals surface area contributed by atoms with Crippen LogP contribution in [0.4, 0.5) is 0 Å². The topological polar surface area (TPSA) is 176 Å². The van der Waals surface area contributed by atoms with Crippen LogP contribution in [0.2, 0.25) is 6.32 Å². The van der Waals surface area contributed by atoms with Gasteiger partial charge in [-0.15, -0.1) is 0 Å². The maximum Gasteiger partial charge on any atom is 0.451 e. The van der Waals surface area contributed by atoms with Gasteiger partial charge in [-0.1, -0.05) is 19.3 Å². The van der Waals surface area contributed by atoms with E-state index in [1.54, 1.807) is 0 Å². The number of nitrogens with zero attached hydrogens (tertiary/aromatic N) is 1. The monoisotopic (exact) mass is 358 g/mol. The van der Waals surface area contributed by atoms with Crippen LogP contribution in [0, 0.1) is 5.92 Å². The molecule has 3 atom stereocenters. The average molecular weight is 358 g/mol. The van der Waals surface area contributed by atoms with Crippen LogP contribution < -0.4 is 17.2 Å². The van der Waals surface area contributed by atoms with Gasteiger partial charge in [0, 0.05) is 19.0 Å². The minimum absolute atomic E-state index is 0.0794. The third-order valence-electron chi connectivity index (χ3n) is 4.88. The summed E-state index contributed by atoms with van der Waals surface area (Å²) in [6, 6.07) is -0.672. The molecule has 1 aliphatic heterocycles. The molecule has 1 rings (SSSR count). The van der Waals surface area contributed by atoms with E-state index in [9.17, 15) is 14.7 Å². The molecule has 9 nitrogen and oxygen atoms in total. The van der Waals surface area contributed by atoms with Gasteiger partial charge in [0.15, 0.2) is 0 Å². The van der Waals surface area contributed by atoms with Gasteiger partial charge in [-0.05, 0) is 32.1 Å². The molecule has 0 aromatic carbocycles. The highest BCUT2D eigenvalue weighted by atomic mass is 16.4. The van der Waals surface area contributed by atoms with E-state index in [-0.39, 0.29) is 25.3 Å². The van der Waals surface area contributed by atoms with E-state index in [2.05, 4.69) is 0 Å². The molecular weight excluding hydrogens is 327 g/mol. The predicted molar refractivity (Wildman–Crippen MR) is 94.4 cm³/mol. The minimum Gasteiger partial charge on any atom is -0.480 e. The number of carbonyl (C=O) groups excluding carboxylic acids is 1. The van der Waals surface area contributed by atoms with Crippen LogP contribution in [0.25, 0.3) is 0 Å². The molecule has 1 aliphatic rings. The van der Waals surface area contributed by atoms with E-state index in [0.29, 0.717) is 25.8 Å². The molecule has 25 heavy (non-hydrogen) atoms. The Balaban J connectivity index is 2.63. The first-order valence-corrected chi connectivity index (χ1v) is 8.85. The molecule has 1 saturated heterocycles. The number of carboxylic acids is 1. The van der Waals surface area contributed by atoms with Crippen molar-refractivity contribution in [3.8, 4) is 0 Å². The van der Waals surface area contributed by atoms with Gasteiger partial charge in [0.1, 0.15) is 5.54 Å². The van der Waals surface area contributed by atoms with Gasteiger partial charge in [0.05, 0.1) is 6.04 Å². The molecule has 0 aliphatic carbocycles. The zero-order valence-corrected chi connectivity index (χ0v) is 14.6.